The van der Waals surface area contributed by atoms with Crippen LogP contribution in [0.5, 0.6) is 0 Å². The number of nitrogens with one attached hydrogen (secondary N) is 1. The molecule has 2 aromatic rings. The van der Waals surface area contributed by atoms with Gasteiger partial charge >= 0.3 is 0 Å². The average Bonchev–Trinajstić information content (AvgIpc) is 2.42. The Bertz CT molecular complexity index is 634. The number of thioether (sulfide) groups is 1. The Labute approximate surface area is 136 Å². The zero-order chi connectivity index (χ0) is 14.5. The Kier molecular flexibility index (Phi) is 5.61. The van der Waals surface area contributed by atoms with E-state index in [4.69, 9.17) is 34.8 Å². The molecule has 1 amide bonds. The predicted octanol–water partition coefficient (Wildman–Crippen LogP) is 5.38. The van der Waals surface area contributed by atoms with Gasteiger partial charge in [0.25, 0.3) is 0 Å². The van der Waals surface area contributed by atoms with Gasteiger partial charge < -0.3 is 5.32 Å². The van der Waals surface area contributed by atoms with E-state index in [2.05, 4.69) is 5.32 Å². The number of halogens is 3. The highest BCUT2D eigenvalue weighted by Gasteiger charge is 2.08. The molecule has 0 atom stereocenters. The van der Waals surface area contributed by atoms with Crippen LogP contribution in [-0.4, -0.2) is 11.7 Å². The van der Waals surface area contributed by atoms with E-state index < -0.39 is 0 Å². The molecular formula is C14H10Cl3NOS. The van der Waals surface area contributed by atoms with Crippen molar-refractivity contribution in [2.75, 3.05) is 11.1 Å². The molecule has 2 nitrogen and oxygen atoms in total. The molecule has 6 heteroatoms. The summed E-state index contributed by atoms with van der Waals surface area (Å²) in [7, 11) is 0. The molecule has 0 aromatic heterocycles. The van der Waals surface area contributed by atoms with E-state index in [1.165, 1.54) is 11.8 Å². The minimum Gasteiger partial charge on any atom is -0.324 e. The van der Waals surface area contributed by atoms with Crippen molar-refractivity contribution in [2.45, 2.75) is 4.90 Å². The van der Waals surface area contributed by atoms with Crippen LogP contribution in [0.15, 0.2) is 47.4 Å². The highest BCUT2D eigenvalue weighted by molar-refractivity contribution is 8.00. The second-order valence-corrected chi connectivity index (χ2v) is 6.16. The topological polar surface area (TPSA) is 29.1 Å². The summed E-state index contributed by atoms with van der Waals surface area (Å²) < 4.78 is 0. The zero-order valence-corrected chi connectivity index (χ0v) is 13.3. The van der Waals surface area contributed by atoms with Crippen molar-refractivity contribution in [3.05, 3.63) is 57.5 Å². The number of carbonyl (C=O) groups excluding carboxylic acids is 1. The number of carbonyl (C=O) groups is 1. The van der Waals surface area contributed by atoms with Crippen LogP contribution in [0.1, 0.15) is 0 Å². The maximum absolute atomic E-state index is 11.9. The SMILES string of the molecule is O=C(CSc1ccccc1Cl)Nc1cc(Cl)ccc1Cl. The van der Waals surface area contributed by atoms with Gasteiger partial charge in [0.15, 0.2) is 0 Å². The van der Waals surface area contributed by atoms with E-state index in [0.29, 0.717) is 20.8 Å². The second kappa shape index (κ2) is 7.23. The Morgan fingerprint density at radius 2 is 1.80 bits per heavy atom. The first-order valence-corrected chi connectivity index (χ1v) is 7.80. The third-order valence-corrected chi connectivity index (χ3v) is 4.48. The van der Waals surface area contributed by atoms with E-state index in [1.54, 1.807) is 24.3 Å². The Morgan fingerprint density at radius 3 is 2.55 bits per heavy atom. The van der Waals surface area contributed by atoms with Crippen molar-refractivity contribution in [1.29, 1.82) is 0 Å². The van der Waals surface area contributed by atoms with Crippen LogP contribution >= 0.6 is 46.6 Å². The van der Waals surface area contributed by atoms with Crippen molar-refractivity contribution < 1.29 is 4.79 Å². The van der Waals surface area contributed by atoms with Gasteiger partial charge in [-0.3, -0.25) is 4.79 Å². The van der Waals surface area contributed by atoms with Crippen molar-refractivity contribution >= 4 is 58.2 Å². The molecule has 0 radical (unpaired) electrons. The average molecular weight is 347 g/mol. The van der Waals surface area contributed by atoms with Gasteiger partial charge in [0, 0.05) is 9.92 Å². The van der Waals surface area contributed by atoms with Gasteiger partial charge in [0.1, 0.15) is 0 Å². The molecule has 0 saturated carbocycles. The smallest absolute Gasteiger partial charge is 0.234 e. The Morgan fingerprint density at radius 1 is 1.05 bits per heavy atom. The third kappa shape index (κ3) is 4.32. The summed E-state index contributed by atoms with van der Waals surface area (Å²) in [4.78, 5) is 12.7. The number of hydrogen-bond donors (Lipinski definition) is 1. The van der Waals surface area contributed by atoms with Gasteiger partial charge in [0.05, 0.1) is 21.5 Å². The third-order valence-electron chi connectivity index (χ3n) is 2.40. The minimum atomic E-state index is -0.168. The first kappa shape index (κ1) is 15.5. The van der Waals surface area contributed by atoms with Gasteiger partial charge in [0.2, 0.25) is 5.91 Å². The molecule has 20 heavy (non-hydrogen) atoms. The lowest BCUT2D eigenvalue weighted by molar-refractivity contribution is -0.113. The maximum atomic E-state index is 11.9. The fourth-order valence-corrected chi connectivity index (χ4v) is 2.86. The first-order valence-electron chi connectivity index (χ1n) is 5.68. The molecule has 0 heterocycles. The van der Waals surface area contributed by atoms with Crippen molar-refractivity contribution in [1.82, 2.24) is 0 Å². The molecule has 0 fully saturated rings. The second-order valence-electron chi connectivity index (χ2n) is 3.89. The summed E-state index contributed by atoms with van der Waals surface area (Å²) in [5.41, 5.74) is 0.504. The highest BCUT2D eigenvalue weighted by Crippen LogP contribution is 2.28. The van der Waals surface area contributed by atoms with Gasteiger partial charge in [-0.05, 0) is 30.3 Å². The molecular weight excluding hydrogens is 337 g/mol. The lowest BCUT2D eigenvalue weighted by Gasteiger charge is -2.08. The van der Waals surface area contributed by atoms with Crippen molar-refractivity contribution in [3.8, 4) is 0 Å². The van der Waals surface area contributed by atoms with Crippen LogP contribution in [0.2, 0.25) is 15.1 Å². The molecule has 1 N–H and O–H groups in total. The maximum Gasteiger partial charge on any atom is 0.234 e. The molecule has 0 unspecified atom stereocenters. The van der Waals surface area contributed by atoms with E-state index in [0.717, 1.165) is 4.90 Å². The van der Waals surface area contributed by atoms with Crippen LogP contribution in [0, 0.1) is 0 Å². The number of benzene rings is 2. The fourth-order valence-electron chi connectivity index (χ4n) is 1.48. The zero-order valence-electron chi connectivity index (χ0n) is 10.2. The molecule has 2 aromatic carbocycles. The van der Waals surface area contributed by atoms with E-state index >= 15 is 0 Å². The Balaban J connectivity index is 1.96. The van der Waals surface area contributed by atoms with Gasteiger partial charge in [-0.15, -0.1) is 11.8 Å². The highest BCUT2D eigenvalue weighted by atomic mass is 35.5. The molecule has 104 valence electrons. The minimum absolute atomic E-state index is 0.168. The molecule has 0 saturated heterocycles. The monoisotopic (exact) mass is 345 g/mol. The molecule has 0 aliphatic carbocycles. The fraction of sp³-hybridized carbons (Fsp3) is 0.0714. The molecule has 0 aliphatic rings. The number of hydrogen-bond acceptors (Lipinski definition) is 2. The van der Waals surface area contributed by atoms with Gasteiger partial charge in [-0.2, -0.15) is 0 Å². The van der Waals surface area contributed by atoms with Crippen LogP contribution in [-0.2, 0) is 4.79 Å². The quantitative estimate of drug-likeness (QED) is 0.753. The number of anilines is 1. The van der Waals surface area contributed by atoms with Gasteiger partial charge in [-0.1, -0.05) is 46.9 Å². The lowest BCUT2D eigenvalue weighted by Crippen LogP contribution is -2.14. The number of amides is 1. The van der Waals surface area contributed by atoms with E-state index in [9.17, 15) is 4.79 Å². The summed E-state index contributed by atoms with van der Waals surface area (Å²) >= 11 is 19.2. The molecule has 0 aliphatic heterocycles. The Hall–Kier alpha value is -0.870. The van der Waals surface area contributed by atoms with Crippen LogP contribution in [0.25, 0.3) is 0 Å². The largest absolute Gasteiger partial charge is 0.324 e. The summed E-state index contributed by atoms with van der Waals surface area (Å²) in [6.45, 7) is 0. The predicted molar refractivity (Wildman–Crippen MR) is 87.3 cm³/mol. The summed E-state index contributed by atoms with van der Waals surface area (Å²) in [6.07, 6.45) is 0. The van der Waals surface area contributed by atoms with Crippen molar-refractivity contribution in [3.63, 3.8) is 0 Å². The van der Waals surface area contributed by atoms with Gasteiger partial charge in [-0.25, -0.2) is 0 Å². The van der Waals surface area contributed by atoms with Crippen LogP contribution in [0.4, 0.5) is 5.69 Å². The standard InChI is InChI=1S/C14H10Cl3NOS/c15-9-5-6-10(16)12(7-9)18-14(19)8-20-13-4-2-1-3-11(13)17/h1-7H,8H2,(H,18,19). The van der Waals surface area contributed by atoms with Crippen LogP contribution in [0.3, 0.4) is 0 Å². The van der Waals surface area contributed by atoms with E-state index in [-0.39, 0.29) is 11.7 Å². The summed E-state index contributed by atoms with van der Waals surface area (Å²) in [5, 5.41) is 4.32. The molecule has 0 bridgehead atoms. The lowest BCUT2D eigenvalue weighted by atomic mass is 10.3. The van der Waals surface area contributed by atoms with E-state index in [1.807, 2.05) is 18.2 Å². The molecule has 0 spiro atoms. The first-order chi connectivity index (χ1) is 9.56. The molecule has 2 rings (SSSR count). The number of rotatable bonds is 4. The summed E-state index contributed by atoms with van der Waals surface area (Å²) in [6, 6.07) is 12.3. The van der Waals surface area contributed by atoms with Crippen LogP contribution < -0.4 is 5.32 Å². The van der Waals surface area contributed by atoms with Crippen molar-refractivity contribution in [2.24, 2.45) is 0 Å². The summed E-state index contributed by atoms with van der Waals surface area (Å²) in [5.74, 6) is 0.0751. The normalized spacial score (nSPS) is 10.3.